The van der Waals surface area contributed by atoms with Crippen LogP contribution in [0, 0.1) is 5.41 Å². The molecule has 0 fully saturated rings. The number of H-pyrrole nitrogens is 1. The first-order valence-corrected chi connectivity index (χ1v) is 9.48. The third-order valence-corrected chi connectivity index (χ3v) is 5.58. The van der Waals surface area contributed by atoms with E-state index in [4.69, 9.17) is 10.4 Å². The number of phenolic OH excluding ortho intramolecular Hbond substituents is 1. The molecule has 28 heavy (non-hydrogen) atoms. The molecule has 5 rings (SSSR count). The maximum Gasteiger partial charge on any atom is 0.116 e. The maximum atomic E-state index is 9.64. The Morgan fingerprint density at radius 2 is 1.75 bits per heavy atom. The average Bonchev–Trinajstić information content (AvgIpc) is 3.17. The monoisotopic (exact) mass is 372 g/mol. The van der Waals surface area contributed by atoms with Gasteiger partial charge in [-0.05, 0) is 73.2 Å². The lowest BCUT2D eigenvalue weighted by Crippen LogP contribution is -2.09. The van der Waals surface area contributed by atoms with Crippen LogP contribution >= 0.6 is 0 Å². The molecule has 0 spiro atoms. The Bertz CT molecular complexity index is 1230. The van der Waals surface area contributed by atoms with E-state index in [0.29, 0.717) is 5.69 Å². The SMILES string of the molecule is N=C(CO)c1n[nH]c2ccc3nc(-c4ccc(O)cc4)c4c(c3c12)CCCC4. The van der Waals surface area contributed by atoms with E-state index in [0.717, 1.165) is 58.7 Å². The van der Waals surface area contributed by atoms with Crippen LogP contribution < -0.4 is 0 Å². The van der Waals surface area contributed by atoms with Crippen molar-refractivity contribution >= 4 is 27.5 Å². The molecule has 0 aliphatic heterocycles. The highest BCUT2D eigenvalue weighted by atomic mass is 16.3. The predicted octanol–water partition coefficient (Wildman–Crippen LogP) is 3.72. The minimum absolute atomic E-state index is 0.103. The zero-order chi connectivity index (χ0) is 19.3. The van der Waals surface area contributed by atoms with Gasteiger partial charge in [-0.25, -0.2) is 4.98 Å². The molecule has 0 unspecified atom stereocenters. The number of aliphatic hydroxyl groups excluding tert-OH is 1. The Hall–Kier alpha value is -3.25. The van der Waals surface area contributed by atoms with E-state index in [1.54, 1.807) is 12.1 Å². The molecule has 1 aliphatic rings. The molecule has 4 N–H and O–H groups in total. The quantitative estimate of drug-likeness (QED) is 0.411. The van der Waals surface area contributed by atoms with Gasteiger partial charge in [-0.2, -0.15) is 5.10 Å². The second-order valence-corrected chi connectivity index (χ2v) is 7.26. The van der Waals surface area contributed by atoms with Gasteiger partial charge in [-0.3, -0.25) is 5.10 Å². The maximum absolute atomic E-state index is 9.64. The molecule has 2 aromatic heterocycles. The van der Waals surface area contributed by atoms with E-state index >= 15 is 0 Å². The summed E-state index contributed by atoms with van der Waals surface area (Å²) in [5.74, 6) is 0.241. The van der Waals surface area contributed by atoms with Gasteiger partial charge in [0.15, 0.2) is 0 Å². The Morgan fingerprint density at radius 3 is 2.50 bits per heavy atom. The normalized spacial score (nSPS) is 13.8. The first-order chi connectivity index (χ1) is 13.7. The second-order valence-electron chi connectivity index (χ2n) is 7.26. The molecule has 140 valence electrons. The number of hydrogen-bond acceptors (Lipinski definition) is 5. The van der Waals surface area contributed by atoms with Gasteiger partial charge in [0.25, 0.3) is 0 Å². The van der Waals surface area contributed by atoms with Crippen LogP contribution in [0.2, 0.25) is 0 Å². The fourth-order valence-corrected chi connectivity index (χ4v) is 4.28. The molecular formula is C22H20N4O2. The fourth-order valence-electron chi connectivity index (χ4n) is 4.28. The van der Waals surface area contributed by atoms with Crippen molar-refractivity contribution in [3.05, 3.63) is 53.2 Å². The lowest BCUT2D eigenvalue weighted by atomic mass is 9.85. The van der Waals surface area contributed by atoms with Crippen LogP contribution in [-0.4, -0.2) is 37.7 Å². The van der Waals surface area contributed by atoms with Crippen LogP contribution in [0.25, 0.3) is 33.1 Å². The molecule has 4 aromatic rings. The first-order valence-electron chi connectivity index (χ1n) is 9.48. The third-order valence-electron chi connectivity index (χ3n) is 5.58. The van der Waals surface area contributed by atoms with Gasteiger partial charge < -0.3 is 15.6 Å². The molecule has 0 bridgehead atoms. The summed E-state index contributed by atoms with van der Waals surface area (Å²) in [6.07, 6.45) is 4.14. The van der Waals surface area contributed by atoms with Gasteiger partial charge in [0, 0.05) is 16.3 Å². The summed E-state index contributed by atoms with van der Waals surface area (Å²) in [5, 5.41) is 36.4. The molecule has 1 aliphatic carbocycles. The fraction of sp³-hybridized carbons (Fsp3) is 0.227. The topological polar surface area (TPSA) is 106 Å². The van der Waals surface area contributed by atoms with Gasteiger partial charge in [-0.1, -0.05) is 0 Å². The Balaban J connectivity index is 1.88. The van der Waals surface area contributed by atoms with Crippen molar-refractivity contribution in [1.29, 1.82) is 5.41 Å². The van der Waals surface area contributed by atoms with Crippen molar-refractivity contribution in [1.82, 2.24) is 15.2 Å². The number of aromatic amines is 1. The van der Waals surface area contributed by atoms with E-state index in [1.807, 2.05) is 24.3 Å². The molecule has 2 heterocycles. The van der Waals surface area contributed by atoms with Crippen molar-refractivity contribution in [2.45, 2.75) is 25.7 Å². The number of hydrogen-bond donors (Lipinski definition) is 4. The predicted molar refractivity (Wildman–Crippen MR) is 109 cm³/mol. The minimum Gasteiger partial charge on any atom is -0.508 e. The number of pyridine rings is 1. The molecular weight excluding hydrogens is 352 g/mol. The number of fused-ring (bicyclic) bond motifs is 5. The molecule has 2 aromatic carbocycles. The minimum atomic E-state index is -0.350. The van der Waals surface area contributed by atoms with Crippen LogP contribution in [0.15, 0.2) is 36.4 Å². The second kappa shape index (κ2) is 6.42. The highest BCUT2D eigenvalue weighted by Gasteiger charge is 2.23. The van der Waals surface area contributed by atoms with Gasteiger partial charge in [-0.15, -0.1) is 0 Å². The van der Waals surface area contributed by atoms with E-state index in [9.17, 15) is 10.2 Å². The lowest BCUT2D eigenvalue weighted by Gasteiger charge is -2.22. The van der Waals surface area contributed by atoms with Crippen molar-refractivity contribution in [2.24, 2.45) is 0 Å². The van der Waals surface area contributed by atoms with Crippen molar-refractivity contribution in [3.63, 3.8) is 0 Å². The van der Waals surface area contributed by atoms with Gasteiger partial charge in [0.1, 0.15) is 11.4 Å². The molecule has 0 amide bonds. The number of aliphatic hydroxyl groups is 1. The number of aromatic hydroxyl groups is 1. The van der Waals surface area contributed by atoms with E-state index < -0.39 is 0 Å². The van der Waals surface area contributed by atoms with Crippen LogP contribution in [0.5, 0.6) is 5.75 Å². The summed E-state index contributed by atoms with van der Waals surface area (Å²) in [6, 6.07) is 11.1. The van der Waals surface area contributed by atoms with Gasteiger partial charge in [0.2, 0.25) is 0 Å². The first kappa shape index (κ1) is 16.9. The molecule has 0 radical (unpaired) electrons. The van der Waals surface area contributed by atoms with Crippen molar-refractivity contribution < 1.29 is 10.2 Å². The Labute approximate surface area is 161 Å². The summed E-state index contributed by atoms with van der Waals surface area (Å²) in [7, 11) is 0. The van der Waals surface area contributed by atoms with Gasteiger partial charge >= 0.3 is 0 Å². The Morgan fingerprint density at radius 1 is 1.00 bits per heavy atom. The number of rotatable bonds is 3. The molecule has 0 saturated heterocycles. The summed E-state index contributed by atoms with van der Waals surface area (Å²) >= 11 is 0. The van der Waals surface area contributed by atoms with Crippen LogP contribution in [0.4, 0.5) is 0 Å². The highest BCUT2D eigenvalue weighted by molar-refractivity contribution is 6.18. The zero-order valence-corrected chi connectivity index (χ0v) is 15.3. The third kappa shape index (κ3) is 2.49. The molecule has 0 atom stereocenters. The van der Waals surface area contributed by atoms with Crippen LogP contribution in [0.1, 0.15) is 29.7 Å². The lowest BCUT2D eigenvalue weighted by molar-refractivity contribution is 0.357. The van der Waals surface area contributed by atoms with Crippen LogP contribution in [-0.2, 0) is 12.8 Å². The van der Waals surface area contributed by atoms with Crippen LogP contribution in [0.3, 0.4) is 0 Å². The Kier molecular flexibility index (Phi) is 3.87. The average molecular weight is 372 g/mol. The van der Waals surface area contributed by atoms with E-state index in [-0.39, 0.29) is 18.1 Å². The van der Waals surface area contributed by atoms with Gasteiger partial charge in [0.05, 0.1) is 29.0 Å². The number of nitrogens with zero attached hydrogens (tertiary/aromatic N) is 2. The highest BCUT2D eigenvalue weighted by Crippen LogP contribution is 2.39. The molecule has 6 heteroatoms. The van der Waals surface area contributed by atoms with Crippen molar-refractivity contribution in [2.75, 3.05) is 6.61 Å². The number of nitrogens with one attached hydrogen (secondary N) is 2. The van der Waals surface area contributed by atoms with Crippen molar-refractivity contribution in [3.8, 4) is 17.0 Å². The molecule has 6 nitrogen and oxygen atoms in total. The zero-order valence-electron chi connectivity index (χ0n) is 15.3. The summed E-state index contributed by atoms with van der Waals surface area (Å²) in [5.41, 5.74) is 6.77. The standard InChI is InChI=1S/C22H20N4O2/c23-16(11-27)22-20-18(25-26-22)10-9-17-19(20)14-3-1-2-4-15(14)21(24-17)12-5-7-13(28)8-6-12/h5-10,23,27-28H,1-4,11H2,(H,25,26). The largest absolute Gasteiger partial charge is 0.508 e. The number of aromatic nitrogens is 3. The summed E-state index contributed by atoms with van der Waals surface area (Å²) < 4.78 is 0. The van der Waals surface area contributed by atoms with E-state index in [1.165, 1.54) is 11.1 Å². The number of phenols is 1. The molecule has 0 saturated carbocycles. The summed E-state index contributed by atoms with van der Waals surface area (Å²) in [4.78, 5) is 4.99. The summed E-state index contributed by atoms with van der Waals surface area (Å²) in [6.45, 7) is -0.350. The number of aryl methyl sites for hydroxylation is 1. The smallest absolute Gasteiger partial charge is 0.116 e. The number of benzene rings is 2. The van der Waals surface area contributed by atoms with E-state index in [2.05, 4.69) is 10.2 Å².